The summed E-state index contributed by atoms with van der Waals surface area (Å²) in [4.78, 5) is 19.9. The zero-order valence-corrected chi connectivity index (χ0v) is 13.8. The van der Waals surface area contributed by atoms with Gasteiger partial charge in [0.2, 0.25) is 0 Å². The Morgan fingerprint density at radius 1 is 0.962 bits per heavy atom. The number of nitrogen functional groups attached to an aromatic ring is 1. The highest BCUT2D eigenvalue weighted by molar-refractivity contribution is 6.12. The van der Waals surface area contributed by atoms with E-state index in [9.17, 15) is 4.79 Å². The largest absolute Gasteiger partial charge is 0.455 e. The van der Waals surface area contributed by atoms with E-state index in [1.807, 2.05) is 48.5 Å². The number of benzene rings is 3. The molecule has 1 amide bonds. The first-order valence-electron chi connectivity index (χ1n) is 8.08. The summed E-state index contributed by atoms with van der Waals surface area (Å²) in [6.07, 6.45) is 0. The Hall–Kier alpha value is -3.80. The van der Waals surface area contributed by atoms with Crippen LogP contribution < -0.4 is 15.8 Å². The van der Waals surface area contributed by atoms with Crippen LogP contribution in [0.4, 0.5) is 11.6 Å². The Labute approximate surface area is 149 Å². The summed E-state index contributed by atoms with van der Waals surface area (Å²) < 4.78 is 5.88. The first kappa shape index (κ1) is 15.7. The van der Waals surface area contributed by atoms with Crippen LogP contribution in [0.25, 0.3) is 11.0 Å². The van der Waals surface area contributed by atoms with Crippen LogP contribution in [-0.2, 0) is 0 Å². The van der Waals surface area contributed by atoms with Gasteiger partial charge in [-0.15, -0.1) is 0 Å². The normalized spacial score (nSPS) is 10.6. The van der Waals surface area contributed by atoms with Crippen molar-refractivity contribution in [2.45, 2.75) is 0 Å². The first-order valence-corrected chi connectivity index (χ1v) is 8.08. The van der Waals surface area contributed by atoms with Gasteiger partial charge in [-0.1, -0.05) is 36.4 Å². The SMILES string of the molecule is Nc1nc2c(C(=O)Nc3ccccc3Oc3ccccc3)cccc2[nH]1. The maximum Gasteiger partial charge on any atom is 0.258 e. The zero-order chi connectivity index (χ0) is 17.9. The average molecular weight is 344 g/mol. The van der Waals surface area contributed by atoms with Crippen LogP contribution in [0.2, 0.25) is 0 Å². The molecule has 0 saturated carbocycles. The Bertz CT molecular complexity index is 1070. The van der Waals surface area contributed by atoms with E-state index in [0.29, 0.717) is 33.8 Å². The van der Waals surface area contributed by atoms with Crippen molar-refractivity contribution in [3.8, 4) is 11.5 Å². The molecule has 128 valence electrons. The molecular weight excluding hydrogens is 328 g/mol. The van der Waals surface area contributed by atoms with Gasteiger partial charge in [0.1, 0.15) is 11.3 Å². The molecule has 0 spiro atoms. The summed E-state index contributed by atoms with van der Waals surface area (Å²) >= 11 is 0. The lowest BCUT2D eigenvalue weighted by atomic mass is 10.1. The van der Waals surface area contributed by atoms with Crippen LogP contribution >= 0.6 is 0 Å². The molecule has 0 aliphatic heterocycles. The molecule has 0 aliphatic carbocycles. The van der Waals surface area contributed by atoms with Gasteiger partial charge in [-0.2, -0.15) is 0 Å². The highest BCUT2D eigenvalue weighted by Crippen LogP contribution is 2.30. The minimum absolute atomic E-state index is 0.271. The van der Waals surface area contributed by atoms with Gasteiger partial charge in [0, 0.05) is 0 Å². The van der Waals surface area contributed by atoms with Gasteiger partial charge >= 0.3 is 0 Å². The number of aromatic amines is 1. The van der Waals surface area contributed by atoms with Crippen molar-refractivity contribution in [3.63, 3.8) is 0 Å². The number of nitrogens with zero attached hydrogens (tertiary/aromatic N) is 1. The van der Waals surface area contributed by atoms with E-state index >= 15 is 0 Å². The third-order valence-electron chi connectivity index (χ3n) is 3.88. The average Bonchev–Trinajstić information content (AvgIpc) is 3.04. The molecule has 6 nitrogen and oxygen atoms in total. The number of hydrogen-bond acceptors (Lipinski definition) is 4. The maximum absolute atomic E-state index is 12.8. The van der Waals surface area contributed by atoms with Gasteiger partial charge in [0.25, 0.3) is 5.91 Å². The molecule has 26 heavy (non-hydrogen) atoms. The van der Waals surface area contributed by atoms with E-state index in [4.69, 9.17) is 10.5 Å². The van der Waals surface area contributed by atoms with Crippen molar-refractivity contribution in [2.75, 3.05) is 11.1 Å². The van der Waals surface area contributed by atoms with E-state index in [2.05, 4.69) is 15.3 Å². The standard InChI is InChI=1S/C20H16N4O2/c21-20-23-16-11-6-9-14(18(16)24-20)19(25)22-15-10-4-5-12-17(15)26-13-7-2-1-3-8-13/h1-12H,(H,22,25)(H3,21,23,24). The number of ether oxygens (including phenoxy) is 1. The first-order chi connectivity index (χ1) is 12.7. The van der Waals surface area contributed by atoms with Gasteiger partial charge in [0.15, 0.2) is 11.7 Å². The fraction of sp³-hybridized carbons (Fsp3) is 0. The molecule has 0 unspecified atom stereocenters. The smallest absolute Gasteiger partial charge is 0.258 e. The summed E-state index contributed by atoms with van der Waals surface area (Å²) in [6, 6.07) is 22.0. The van der Waals surface area contributed by atoms with E-state index in [1.54, 1.807) is 24.3 Å². The van der Waals surface area contributed by atoms with E-state index in [-0.39, 0.29) is 11.9 Å². The molecule has 0 fully saturated rings. The lowest BCUT2D eigenvalue weighted by molar-refractivity contribution is 0.102. The molecule has 0 bridgehead atoms. The number of nitrogens with two attached hydrogens (primary N) is 1. The topological polar surface area (TPSA) is 93.0 Å². The molecule has 4 rings (SSSR count). The summed E-state index contributed by atoms with van der Waals surface area (Å²) in [5.41, 5.74) is 7.95. The summed E-state index contributed by atoms with van der Waals surface area (Å²) in [6.45, 7) is 0. The number of rotatable bonds is 4. The molecule has 4 N–H and O–H groups in total. The number of aromatic nitrogens is 2. The highest BCUT2D eigenvalue weighted by Gasteiger charge is 2.15. The molecule has 1 heterocycles. The monoisotopic (exact) mass is 344 g/mol. The molecule has 4 aromatic rings. The fourth-order valence-electron chi connectivity index (χ4n) is 2.70. The number of carbonyl (C=O) groups excluding carboxylic acids is 1. The second kappa shape index (κ2) is 6.60. The van der Waals surface area contributed by atoms with Crippen LogP contribution in [-0.4, -0.2) is 15.9 Å². The van der Waals surface area contributed by atoms with Gasteiger partial charge < -0.3 is 20.8 Å². The highest BCUT2D eigenvalue weighted by atomic mass is 16.5. The molecule has 3 aromatic carbocycles. The van der Waals surface area contributed by atoms with Crippen molar-refractivity contribution in [3.05, 3.63) is 78.4 Å². The number of imidazole rings is 1. The Morgan fingerprint density at radius 3 is 2.58 bits per heavy atom. The number of hydrogen-bond donors (Lipinski definition) is 3. The molecule has 6 heteroatoms. The van der Waals surface area contributed by atoms with E-state index in [0.717, 1.165) is 0 Å². The predicted octanol–water partition coefficient (Wildman–Crippen LogP) is 4.19. The third kappa shape index (κ3) is 3.08. The van der Waals surface area contributed by atoms with Crippen molar-refractivity contribution in [1.82, 2.24) is 9.97 Å². The van der Waals surface area contributed by atoms with Gasteiger partial charge in [-0.3, -0.25) is 4.79 Å². The fourth-order valence-corrected chi connectivity index (χ4v) is 2.70. The molecular formula is C20H16N4O2. The molecule has 0 aliphatic rings. The van der Waals surface area contributed by atoms with Gasteiger partial charge in [-0.05, 0) is 36.4 Å². The number of fused-ring (bicyclic) bond motifs is 1. The van der Waals surface area contributed by atoms with Crippen LogP contribution in [0.5, 0.6) is 11.5 Å². The predicted molar refractivity (Wildman–Crippen MR) is 101 cm³/mol. The number of amides is 1. The van der Waals surface area contributed by atoms with E-state index < -0.39 is 0 Å². The minimum Gasteiger partial charge on any atom is -0.455 e. The van der Waals surface area contributed by atoms with Crippen molar-refractivity contribution < 1.29 is 9.53 Å². The summed E-state index contributed by atoms with van der Waals surface area (Å²) in [7, 11) is 0. The molecule has 0 atom stereocenters. The van der Waals surface area contributed by atoms with Gasteiger partial charge in [-0.25, -0.2) is 4.98 Å². The second-order valence-corrected chi connectivity index (χ2v) is 5.69. The lowest BCUT2D eigenvalue weighted by Gasteiger charge is -2.12. The lowest BCUT2D eigenvalue weighted by Crippen LogP contribution is -2.13. The van der Waals surface area contributed by atoms with Gasteiger partial charge in [0.05, 0.1) is 16.8 Å². The molecule has 0 saturated heterocycles. The number of nitrogens with one attached hydrogen (secondary N) is 2. The molecule has 1 aromatic heterocycles. The van der Waals surface area contributed by atoms with Crippen molar-refractivity contribution in [1.29, 1.82) is 0 Å². The maximum atomic E-state index is 12.8. The summed E-state index contributed by atoms with van der Waals surface area (Å²) in [5, 5.41) is 2.89. The third-order valence-corrected chi connectivity index (χ3v) is 3.88. The Balaban J connectivity index is 1.64. The van der Waals surface area contributed by atoms with Crippen LogP contribution in [0, 0.1) is 0 Å². The number of H-pyrrole nitrogens is 1. The number of para-hydroxylation sites is 4. The van der Waals surface area contributed by atoms with Crippen LogP contribution in [0.3, 0.4) is 0 Å². The minimum atomic E-state index is -0.286. The zero-order valence-electron chi connectivity index (χ0n) is 13.8. The quantitative estimate of drug-likeness (QED) is 0.517. The number of anilines is 2. The van der Waals surface area contributed by atoms with E-state index in [1.165, 1.54) is 0 Å². The van der Waals surface area contributed by atoms with Crippen molar-refractivity contribution >= 4 is 28.6 Å². The van der Waals surface area contributed by atoms with Crippen molar-refractivity contribution in [2.24, 2.45) is 0 Å². The number of carbonyl (C=O) groups is 1. The Kier molecular flexibility index (Phi) is 3.99. The second-order valence-electron chi connectivity index (χ2n) is 5.69. The summed E-state index contributed by atoms with van der Waals surface area (Å²) in [5.74, 6) is 1.23. The molecule has 0 radical (unpaired) electrons. The van der Waals surface area contributed by atoms with Crippen LogP contribution in [0.1, 0.15) is 10.4 Å². The van der Waals surface area contributed by atoms with Crippen LogP contribution in [0.15, 0.2) is 72.8 Å². The Morgan fingerprint density at radius 2 is 1.73 bits per heavy atom.